The van der Waals surface area contributed by atoms with E-state index in [2.05, 4.69) is 5.32 Å². The minimum Gasteiger partial charge on any atom is -0.495 e. The monoisotopic (exact) mass is 418 g/mol. The number of halogens is 1. The molecule has 2 aromatic rings. The quantitative estimate of drug-likeness (QED) is 0.663. The Hall–Kier alpha value is -2.93. The van der Waals surface area contributed by atoms with Crippen LogP contribution in [-0.4, -0.2) is 50.6 Å². The van der Waals surface area contributed by atoms with Crippen LogP contribution in [0.25, 0.3) is 0 Å². The number of ether oxygens (including phenoxy) is 3. The first-order valence-electron chi connectivity index (χ1n) is 9.12. The number of likely N-dealkylation sites (tertiary alicyclic amines) is 1. The van der Waals surface area contributed by atoms with Gasteiger partial charge in [-0.25, -0.2) is 0 Å². The van der Waals surface area contributed by atoms with Crippen LogP contribution in [0.5, 0.6) is 17.2 Å². The molecule has 1 heterocycles. The number of hydrogen-bond donors (Lipinski definition) is 1. The van der Waals surface area contributed by atoms with Crippen molar-refractivity contribution in [2.24, 2.45) is 0 Å². The Bertz CT molecular complexity index is 918. The molecule has 1 saturated heterocycles. The van der Waals surface area contributed by atoms with Crippen molar-refractivity contribution in [1.82, 2.24) is 4.90 Å². The van der Waals surface area contributed by atoms with Gasteiger partial charge in [0.1, 0.15) is 11.8 Å². The maximum atomic E-state index is 12.8. The van der Waals surface area contributed by atoms with Gasteiger partial charge in [0, 0.05) is 11.6 Å². The molecule has 2 amide bonds. The number of methoxy groups -OCH3 is 3. The summed E-state index contributed by atoms with van der Waals surface area (Å²) in [6, 6.07) is 9.96. The van der Waals surface area contributed by atoms with Gasteiger partial charge in [0.15, 0.2) is 11.5 Å². The van der Waals surface area contributed by atoms with E-state index in [1.165, 1.54) is 12.0 Å². The summed E-state index contributed by atoms with van der Waals surface area (Å²) in [6.07, 6.45) is 0.603. The summed E-state index contributed by atoms with van der Waals surface area (Å²) in [6.45, 7) is 0.290. The molecule has 0 spiro atoms. The van der Waals surface area contributed by atoms with Crippen molar-refractivity contribution in [3.63, 3.8) is 0 Å². The van der Waals surface area contributed by atoms with E-state index in [4.69, 9.17) is 25.8 Å². The van der Waals surface area contributed by atoms with Gasteiger partial charge in [0.05, 0.1) is 33.4 Å². The molecule has 0 aliphatic carbocycles. The minimum atomic E-state index is -0.653. The van der Waals surface area contributed by atoms with Crippen LogP contribution in [0.1, 0.15) is 12.0 Å². The SMILES string of the molecule is COc1ccc(Cl)cc1N[C@H]1CC(=O)N(CCc2ccc(OC)c(OC)c2)C1=O. The number of nitrogens with zero attached hydrogens (tertiary/aromatic N) is 1. The number of carbonyl (C=O) groups excluding carboxylic acids is 2. The summed E-state index contributed by atoms with van der Waals surface area (Å²) in [5.74, 6) is 1.31. The van der Waals surface area contributed by atoms with Crippen LogP contribution in [0.15, 0.2) is 36.4 Å². The highest BCUT2D eigenvalue weighted by atomic mass is 35.5. The fourth-order valence-corrected chi connectivity index (χ4v) is 3.46. The van der Waals surface area contributed by atoms with Crippen molar-refractivity contribution in [1.29, 1.82) is 0 Å². The average molecular weight is 419 g/mol. The van der Waals surface area contributed by atoms with E-state index in [1.807, 2.05) is 12.1 Å². The maximum absolute atomic E-state index is 12.8. The van der Waals surface area contributed by atoms with Gasteiger partial charge in [0.25, 0.3) is 5.91 Å². The highest BCUT2D eigenvalue weighted by molar-refractivity contribution is 6.31. The number of imide groups is 1. The molecule has 0 saturated carbocycles. The molecule has 1 aliphatic heterocycles. The number of carbonyl (C=O) groups is 2. The first-order valence-corrected chi connectivity index (χ1v) is 9.49. The lowest BCUT2D eigenvalue weighted by Gasteiger charge is -2.18. The third-order valence-electron chi connectivity index (χ3n) is 4.81. The van der Waals surface area contributed by atoms with Crippen LogP contribution in [0, 0.1) is 0 Å². The largest absolute Gasteiger partial charge is 0.495 e. The van der Waals surface area contributed by atoms with Crippen molar-refractivity contribution < 1.29 is 23.8 Å². The Balaban J connectivity index is 1.67. The molecule has 29 heavy (non-hydrogen) atoms. The minimum absolute atomic E-state index is 0.0838. The maximum Gasteiger partial charge on any atom is 0.252 e. The van der Waals surface area contributed by atoms with Gasteiger partial charge >= 0.3 is 0 Å². The molecular weight excluding hydrogens is 396 g/mol. The second-order valence-corrected chi connectivity index (χ2v) is 7.01. The molecule has 1 N–H and O–H groups in total. The Kier molecular flexibility index (Phi) is 6.49. The van der Waals surface area contributed by atoms with Gasteiger partial charge < -0.3 is 19.5 Å². The fraction of sp³-hybridized carbons (Fsp3) is 0.333. The molecule has 8 heteroatoms. The Morgan fingerprint density at radius 3 is 2.38 bits per heavy atom. The molecule has 2 aromatic carbocycles. The van der Waals surface area contributed by atoms with Crippen molar-refractivity contribution >= 4 is 29.1 Å². The van der Waals surface area contributed by atoms with Crippen LogP contribution >= 0.6 is 11.6 Å². The number of hydrogen-bond acceptors (Lipinski definition) is 6. The smallest absolute Gasteiger partial charge is 0.252 e. The first-order chi connectivity index (χ1) is 14.0. The van der Waals surface area contributed by atoms with Gasteiger partial charge in [-0.2, -0.15) is 0 Å². The molecule has 1 atom stereocenters. The molecule has 0 unspecified atom stereocenters. The summed E-state index contributed by atoms with van der Waals surface area (Å²) < 4.78 is 15.8. The lowest BCUT2D eigenvalue weighted by Crippen LogP contribution is -2.36. The third kappa shape index (κ3) is 4.56. The second-order valence-electron chi connectivity index (χ2n) is 6.57. The standard InChI is InChI=1S/C21H23ClN2O5/c1-27-17-7-5-14(22)11-15(17)23-16-12-20(25)24(21(16)26)9-8-13-4-6-18(28-2)19(10-13)29-3/h4-7,10-11,16,23H,8-9,12H2,1-3H3/t16-/m0/s1. The molecule has 3 rings (SSSR count). The van der Waals surface area contributed by atoms with Crippen molar-refractivity contribution in [3.05, 3.63) is 47.0 Å². The van der Waals surface area contributed by atoms with Crippen molar-refractivity contribution in [3.8, 4) is 17.2 Å². The van der Waals surface area contributed by atoms with E-state index in [1.54, 1.807) is 38.5 Å². The van der Waals surface area contributed by atoms with Crippen LogP contribution in [0.2, 0.25) is 5.02 Å². The Morgan fingerprint density at radius 2 is 1.69 bits per heavy atom. The van der Waals surface area contributed by atoms with E-state index in [-0.39, 0.29) is 24.8 Å². The zero-order valence-corrected chi connectivity index (χ0v) is 17.3. The predicted octanol–water partition coefficient (Wildman–Crippen LogP) is 3.15. The van der Waals surface area contributed by atoms with E-state index in [0.717, 1.165) is 5.56 Å². The average Bonchev–Trinajstić information content (AvgIpc) is 2.99. The van der Waals surface area contributed by atoms with Crippen molar-refractivity contribution in [2.75, 3.05) is 33.2 Å². The number of anilines is 1. The molecule has 0 radical (unpaired) electrons. The normalized spacial score (nSPS) is 16.1. The summed E-state index contributed by atoms with van der Waals surface area (Å²) in [7, 11) is 4.67. The van der Waals surface area contributed by atoms with Crippen molar-refractivity contribution in [2.45, 2.75) is 18.9 Å². The number of rotatable bonds is 8. The molecular formula is C21H23ClN2O5. The number of nitrogens with one attached hydrogen (secondary N) is 1. The van der Waals surface area contributed by atoms with Gasteiger partial charge in [-0.05, 0) is 42.3 Å². The zero-order chi connectivity index (χ0) is 21.0. The topological polar surface area (TPSA) is 77.1 Å². The number of benzene rings is 2. The third-order valence-corrected chi connectivity index (χ3v) is 5.04. The fourth-order valence-electron chi connectivity index (χ4n) is 3.29. The summed E-state index contributed by atoms with van der Waals surface area (Å²) >= 11 is 6.04. The van der Waals surface area contributed by atoms with Crippen LogP contribution < -0.4 is 19.5 Å². The molecule has 154 valence electrons. The number of amides is 2. The van der Waals surface area contributed by atoms with Gasteiger partial charge in [-0.1, -0.05) is 17.7 Å². The lowest BCUT2D eigenvalue weighted by molar-refractivity contribution is -0.138. The van der Waals surface area contributed by atoms with E-state index in [9.17, 15) is 9.59 Å². The Labute approximate surface area is 174 Å². The van der Waals surface area contributed by atoms with E-state index in [0.29, 0.717) is 34.4 Å². The van der Waals surface area contributed by atoms with Crippen LogP contribution in [0.4, 0.5) is 5.69 Å². The summed E-state index contributed by atoms with van der Waals surface area (Å²) in [4.78, 5) is 26.5. The lowest BCUT2D eigenvalue weighted by atomic mass is 10.1. The highest BCUT2D eigenvalue weighted by Gasteiger charge is 2.38. The second kappa shape index (κ2) is 9.05. The molecule has 0 aromatic heterocycles. The Morgan fingerprint density at radius 1 is 1.00 bits per heavy atom. The predicted molar refractivity (Wildman–Crippen MR) is 110 cm³/mol. The summed E-state index contributed by atoms with van der Waals surface area (Å²) in [5, 5.41) is 3.59. The van der Waals surface area contributed by atoms with Gasteiger partial charge in [0.2, 0.25) is 5.91 Å². The zero-order valence-electron chi connectivity index (χ0n) is 16.5. The molecule has 1 fully saturated rings. The van der Waals surface area contributed by atoms with Crippen LogP contribution in [0.3, 0.4) is 0 Å². The van der Waals surface area contributed by atoms with E-state index >= 15 is 0 Å². The first kappa shape index (κ1) is 20.8. The molecule has 7 nitrogen and oxygen atoms in total. The highest BCUT2D eigenvalue weighted by Crippen LogP contribution is 2.31. The van der Waals surface area contributed by atoms with Gasteiger partial charge in [-0.3, -0.25) is 14.5 Å². The van der Waals surface area contributed by atoms with Crippen LogP contribution in [-0.2, 0) is 16.0 Å². The van der Waals surface area contributed by atoms with E-state index < -0.39 is 6.04 Å². The van der Waals surface area contributed by atoms with Gasteiger partial charge in [-0.15, -0.1) is 0 Å². The molecule has 1 aliphatic rings. The summed E-state index contributed by atoms with van der Waals surface area (Å²) in [5.41, 5.74) is 1.52. The molecule has 0 bridgehead atoms.